The highest BCUT2D eigenvalue weighted by Gasteiger charge is 2.12. The third-order valence-electron chi connectivity index (χ3n) is 4.45. The van der Waals surface area contributed by atoms with Crippen LogP contribution in [-0.2, 0) is 6.54 Å². The lowest BCUT2D eigenvalue weighted by atomic mass is 10.2. The molecule has 4 aromatic rings. The summed E-state index contributed by atoms with van der Waals surface area (Å²) in [6.45, 7) is 2.40. The molecule has 0 bridgehead atoms. The first-order valence-electron chi connectivity index (χ1n) is 9.33. The molecule has 2 aromatic carbocycles. The lowest BCUT2D eigenvalue weighted by molar-refractivity contribution is 0.0945. The molecule has 0 unspecified atom stereocenters. The van der Waals surface area contributed by atoms with Crippen LogP contribution in [0.15, 0.2) is 76.7 Å². The topological polar surface area (TPSA) is 84.2 Å². The molecular formula is C23H19N3O3S. The molecule has 4 rings (SSSR count). The maximum atomic E-state index is 12.4. The first kappa shape index (κ1) is 19.6. The van der Waals surface area contributed by atoms with E-state index in [2.05, 4.69) is 15.6 Å². The lowest BCUT2D eigenvalue weighted by Gasteiger charge is -2.06. The molecular weight excluding hydrogens is 398 g/mol. The summed E-state index contributed by atoms with van der Waals surface area (Å²) in [7, 11) is 0. The number of nitrogens with one attached hydrogen (secondary N) is 2. The molecule has 2 N–H and O–H groups in total. The van der Waals surface area contributed by atoms with E-state index in [1.807, 2.05) is 43.3 Å². The highest BCUT2D eigenvalue weighted by Crippen LogP contribution is 2.24. The molecule has 2 aromatic heterocycles. The fraction of sp³-hybridized carbons (Fsp3) is 0.0870. The number of furan rings is 1. The van der Waals surface area contributed by atoms with Gasteiger partial charge in [0.2, 0.25) is 0 Å². The van der Waals surface area contributed by atoms with Gasteiger partial charge in [-0.05, 0) is 36.8 Å². The second-order valence-corrected chi connectivity index (χ2v) is 7.57. The summed E-state index contributed by atoms with van der Waals surface area (Å²) < 4.78 is 5.07. The molecule has 0 atom stereocenters. The number of nitrogens with zero attached hydrogens (tertiary/aromatic N) is 1. The Balaban J connectivity index is 1.33. The first-order chi connectivity index (χ1) is 14.6. The molecule has 0 aliphatic carbocycles. The van der Waals surface area contributed by atoms with Gasteiger partial charge in [-0.25, -0.2) is 4.98 Å². The zero-order valence-electron chi connectivity index (χ0n) is 16.2. The number of thiazole rings is 1. The molecule has 0 saturated heterocycles. The minimum Gasteiger partial charge on any atom is -0.459 e. The van der Waals surface area contributed by atoms with Gasteiger partial charge in [0.15, 0.2) is 5.76 Å². The van der Waals surface area contributed by atoms with Crippen molar-refractivity contribution in [3.8, 4) is 10.6 Å². The zero-order valence-corrected chi connectivity index (χ0v) is 17.0. The molecule has 0 aliphatic heterocycles. The summed E-state index contributed by atoms with van der Waals surface area (Å²) in [6, 6.07) is 18.6. The highest BCUT2D eigenvalue weighted by atomic mass is 32.1. The number of carbonyl (C=O) groups excluding carboxylic acids is 2. The fourth-order valence-corrected chi connectivity index (χ4v) is 3.59. The SMILES string of the molecule is Cc1ccc(-c2nc(C(=O)NCc3ccc(NC(=O)c4ccco4)cc3)cs2)cc1. The molecule has 2 amide bonds. The van der Waals surface area contributed by atoms with E-state index in [0.29, 0.717) is 17.9 Å². The van der Waals surface area contributed by atoms with Crippen molar-refractivity contribution in [2.24, 2.45) is 0 Å². The fourth-order valence-electron chi connectivity index (χ4n) is 2.79. The van der Waals surface area contributed by atoms with Gasteiger partial charge >= 0.3 is 0 Å². The average Bonchev–Trinajstić information content (AvgIpc) is 3.46. The van der Waals surface area contributed by atoms with Gasteiger partial charge in [-0.3, -0.25) is 9.59 Å². The Labute approximate surface area is 177 Å². The average molecular weight is 417 g/mol. The minimum atomic E-state index is -0.311. The van der Waals surface area contributed by atoms with Crippen LogP contribution in [-0.4, -0.2) is 16.8 Å². The van der Waals surface area contributed by atoms with E-state index in [1.54, 1.807) is 29.6 Å². The Hall–Kier alpha value is -3.71. The van der Waals surface area contributed by atoms with E-state index in [1.165, 1.54) is 23.2 Å². The molecule has 6 nitrogen and oxygen atoms in total. The van der Waals surface area contributed by atoms with Crippen LogP contribution in [0.2, 0.25) is 0 Å². The molecule has 0 saturated carbocycles. The Morgan fingerprint density at radius 1 is 1.00 bits per heavy atom. The van der Waals surface area contributed by atoms with Crippen molar-refractivity contribution >= 4 is 28.8 Å². The van der Waals surface area contributed by atoms with Crippen LogP contribution in [0.25, 0.3) is 10.6 Å². The Morgan fingerprint density at radius 3 is 2.47 bits per heavy atom. The quantitative estimate of drug-likeness (QED) is 0.468. The molecule has 7 heteroatoms. The predicted octanol–water partition coefficient (Wildman–Crippen LogP) is 4.89. The number of carbonyl (C=O) groups is 2. The number of benzene rings is 2. The van der Waals surface area contributed by atoms with Crippen molar-refractivity contribution in [1.82, 2.24) is 10.3 Å². The van der Waals surface area contributed by atoms with Gasteiger partial charge < -0.3 is 15.1 Å². The summed E-state index contributed by atoms with van der Waals surface area (Å²) in [5, 5.41) is 8.21. The van der Waals surface area contributed by atoms with Gasteiger partial charge in [-0.15, -0.1) is 11.3 Å². The van der Waals surface area contributed by atoms with Crippen LogP contribution in [0, 0.1) is 6.92 Å². The molecule has 150 valence electrons. The third kappa shape index (κ3) is 4.64. The van der Waals surface area contributed by atoms with Gasteiger partial charge in [0.05, 0.1) is 6.26 Å². The van der Waals surface area contributed by atoms with Crippen LogP contribution >= 0.6 is 11.3 Å². The number of hydrogen-bond donors (Lipinski definition) is 2. The summed E-state index contributed by atoms with van der Waals surface area (Å²) in [5.41, 5.74) is 4.14. The van der Waals surface area contributed by atoms with Crippen molar-refractivity contribution in [3.05, 3.63) is 94.9 Å². The summed E-state index contributed by atoms with van der Waals surface area (Å²) in [5.74, 6) is -0.284. The monoisotopic (exact) mass is 417 g/mol. The van der Waals surface area contributed by atoms with Crippen molar-refractivity contribution in [2.45, 2.75) is 13.5 Å². The third-order valence-corrected chi connectivity index (χ3v) is 5.34. The maximum absolute atomic E-state index is 12.4. The van der Waals surface area contributed by atoms with Crippen LogP contribution in [0.3, 0.4) is 0 Å². The summed E-state index contributed by atoms with van der Waals surface area (Å²) in [6.07, 6.45) is 1.45. The van der Waals surface area contributed by atoms with E-state index in [-0.39, 0.29) is 17.6 Å². The number of hydrogen-bond acceptors (Lipinski definition) is 5. The molecule has 2 heterocycles. The number of aromatic nitrogens is 1. The van der Waals surface area contributed by atoms with Crippen molar-refractivity contribution in [2.75, 3.05) is 5.32 Å². The van der Waals surface area contributed by atoms with E-state index >= 15 is 0 Å². The normalized spacial score (nSPS) is 10.6. The maximum Gasteiger partial charge on any atom is 0.291 e. The van der Waals surface area contributed by atoms with Crippen molar-refractivity contribution < 1.29 is 14.0 Å². The van der Waals surface area contributed by atoms with E-state index in [9.17, 15) is 9.59 Å². The first-order valence-corrected chi connectivity index (χ1v) is 10.2. The summed E-state index contributed by atoms with van der Waals surface area (Å²) in [4.78, 5) is 28.9. The molecule has 30 heavy (non-hydrogen) atoms. The van der Waals surface area contributed by atoms with E-state index < -0.39 is 0 Å². The van der Waals surface area contributed by atoms with Gasteiger partial charge in [0, 0.05) is 23.2 Å². The van der Waals surface area contributed by atoms with Gasteiger partial charge in [0.25, 0.3) is 11.8 Å². The molecule has 0 fully saturated rings. The Bertz CT molecular complexity index is 1150. The lowest BCUT2D eigenvalue weighted by Crippen LogP contribution is -2.23. The van der Waals surface area contributed by atoms with Crippen LogP contribution in [0.4, 0.5) is 5.69 Å². The van der Waals surface area contributed by atoms with Crippen LogP contribution < -0.4 is 10.6 Å². The number of amides is 2. The van der Waals surface area contributed by atoms with E-state index in [4.69, 9.17) is 4.42 Å². The second kappa shape index (κ2) is 8.75. The number of aryl methyl sites for hydroxylation is 1. The Kier molecular flexibility index (Phi) is 5.72. The molecule has 0 spiro atoms. The van der Waals surface area contributed by atoms with Crippen molar-refractivity contribution in [1.29, 1.82) is 0 Å². The second-order valence-electron chi connectivity index (χ2n) is 6.71. The minimum absolute atomic E-state index is 0.222. The molecule has 0 aliphatic rings. The van der Waals surface area contributed by atoms with Crippen LogP contribution in [0.1, 0.15) is 32.2 Å². The zero-order chi connectivity index (χ0) is 20.9. The number of anilines is 1. The highest BCUT2D eigenvalue weighted by molar-refractivity contribution is 7.13. The van der Waals surface area contributed by atoms with Gasteiger partial charge in [-0.1, -0.05) is 42.0 Å². The van der Waals surface area contributed by atoms with Gasteiger partial charge in [0.1, 0.15) is 10.7 Å². The standard InChI is InChI=1S/C23H19N3O3S/c1-15-4-8-17(9-5-15)23-26-19(14-30-23)21(27)24-13-16-6-10-18(11-7-16)25-22(28)20-3-2-12-29-20/h2-12,14H,13H2,1H3,(H,24,27)(H,25,28). The van der Waals surface area contributed by atoms with E-state index in [0.717, 1.165) is 16.1 Å². The Morgan fingerprint density at radius 2 is 1.77 bits per heavy atom. The smallest absolute Gasteiger partial charge is 0.291 e. The largest absolute Gasteiger partial charge is 0.459 e. The van der Waals surface area contributed by atoms with Crippen LogP contribution in [0.5, 0.6) is 0 Å². The summed E-state index contributed by atoms with van der Waals surface area (Å²) >= 11 is 1.45. The number of rotatable bonds is 6. The van der Waals surface area contributed by atoms with Gasteiger partial charge in [-0.2, -0.15) is 0 Å². The van der Waals surface area contributed by atoms with Crippen molar-refractivity contribution in [3.63, 3.8) is 0 Å². The molecule has 0 radical (unpaired) electrons. The predicted molar refractivity (Wildman–Crippen MR) is 117 cm³/mol.